The Morgan fingerprint density at radius 2 is 1.93 bits per heavy atom. The highest BCUT2D eigenvalue weighted by atomic mass is 35.5. The maximum absolute atomic E-state index is 13.2. The minimum atomic E-state index is -3.76. The van der Waals surface area contributed by atoms with Gasteiger partial charge in [0.15, 0.2) is 0 Å². The number of nitrogens with zero attached hydrogens (tertiary/aromatic N) is 1. The number of amides is 1. The molecule has 0 spiro atoms. The van der Waals surface area contributed by atoms with Crippen LogP contribution in [0.3, 0.4) is 0 Å². The Morgan fingerprint density at radius 3 is 2.61 bits per heavy atom. The third-order valence-electron chi connectivity index (χ3n) is 4.80. The number of sulfonamides is 1. The molecule has 0 saturated carbocycles. The van der Waals surface area contributed by atoms with Crippen molar-refractivity contribution in [3.8, 4) is 5.75 Å². The van der Waals surface area contributed by atoms with Gasteiger partial charge in [-0.05, 0) is 61.7 Å². The average Bonchev–Trinajstić information content (AvgIpc) is 2.69. The number of benzene rings is 2. The predicted octanol–water partition coefficient (Wildman–Crippen LogP) is 3.70. The van der Waals surface area contributed by atoms with Crippen molar-refractivity contribution in [3.05, 3.63) is 53.1 Å². The Kier molecular flexibility index (Phi) is 6.27. The number of piperidine rings is 1. The quantitative estimate of drug-likeness (QED) is 0.797. The summed E-state index contributed by atoms with van der Waals surface area (Å²) in [6.45, 7) is 2.35. The predicted molar refractivity (Wildman–Crippen MR) is 109 cm³/mol. The second-order valence-electron chi connectivity index (χ2n) is 6.85. The fourth-order valence-corrected chi connectivity index (χ4v) is 5.17. The summed E-state index contributed by atoms with van der Waals surface area (Å²) in [4.78, 5) is 12.8. The molecule has 1 aliphatic rings. The van der Waals surface area contributed by atoms with E-state index in [1.807, 2.05) is 6.92 Å². The van der Waals surface area contributed by atoms with E-state index in [-0.39, 0.29) is 17.3 Å². The molecule has 2 aromatic rings. The van der Waals surface area contributed by atoms with Crippen LogP contribution >= 0.6 is 11.6 Å². The molecule has 28 heavy (non-hydrogen) atoms. The van der Waals surface area contributed by atoms with Crippen LogP contribution in [0.15, 0.2) is 47.4 Å². The van der Waals surface area contributed by atoms with E-state index in [1.165, 1.54) is 11.4 Å². The standard InChI is InChI=1S/C20H23ClN2O4S/c1-14-5-10-18(27-2)19(12-14)28(25,26)23-11-3-4-15(13-23)20(24)22-17-8-6-16(21)7-9-17/h5-10,12,15H,3-4,11,13H2,1-2H3,(H,22,24)/t15-/m1/s1. The van der Waals surface area contributed by atoms with Gasteiger partial charge in [-0.25, -0.2) is 8.42 Å². The lowest BCUT2D eigenvalue weighted by Crippen LogP contribution is -2.43. The van der Waals surface area contributed by atoms with E-state index in [1.54, 1.807) is 42.5 Å². The molecule has 0 aliphatic carbocycles. The smallest absolute Gasteiger partial charge is 0.246 e. The van der Waals surface area contributed by atoms with Crippen molar-refractivity contribution < 1.29 is 17.9 Å². The number of ether oxygens (including phenoxy) is 1. The lowest BCUT2D eigenvalue weighted by Gasteiger charge is -2.31. The van der Waals surface area contributed by atoms with Crippen molar-refractivity contribution in [3.63, 3.8) is 0 Å². The van der Waals surface area contributed by atoms with Crippen molar-refractivity contribution in [2.75, 3.05) is 25.5 Å². The molecule has 6 nitrogen and oxygen atoms in total. The minimum Gasteiger partial charge on any atom is -0.495 e. The first-order valence-electron chi connectivity index (χ1n) is 9.02. The van der Waals surface area contributed by atoms with Crippen LogP contribution in [0.25, 0.3) is 0 Å². The van der Waals surface area contributed by atoms with Crippen molar-refractivity contribution in [1.82, 2.24) is 4.31 Å². The fourth-order valence-electron chi connectivity index (χ4n) is 3.28. The molecule has 1 fully saturated rings. The van der Waals surface area contributed by atoms with Crippen LogP contribution in [0.2, 0.25) is 5.02 Å². The molecule has 150 valence electrons. The third kappa shape index (κ3) is 4.48. The van der Waals surface area contributed by atoms with Gasteiger partial charge in [-0.3, -0.25) is 4.79 Å². The van der Waals surface area contributed by atoms with Gasteiger partial charge < -0.3 is 10.1 Å². The second-order valence-corrected chi connectivity index (χ2v) is 9.20. The second kappa shape index (κ2) is 8.51. The van der Waals surface area contributed by atoms with Crippen molar-refractivity contribution in [2.45, 2.75) is 24.7 Å². The lowest BCUT2D eigenvalue weighted by atomic mass is 9.99. The number of anilines is 1. The molecule has 1 atom stereocenters. The molecule has 2 aromatic carbocycles. The molecule has 1 amide bonds. The van der Waals surface area contributed by atoms with Gasteiger partial charge >= 0.3 is 0 Å². The summed E-state index contributed by atoms with van der Waals surface area (Å²) in [7, 11) is -2.31. The number of nitrogens with one attached hydrogen (secondary N) is 1. The van der Waals surface area contributed by atoms with Crippen molar-refractivity contribution in [1.29, 1.82) is 0 Å². The average molecular weight is 423 g/mol. The normalized spacial score (nSPS) is 17.9. The first-order chi connectivity index (χ1) is 13.3. The maximum atomic E-state index is 13.2. The van der Waals surface area contributed by atoms with Gasteiger partial charge in [0.05, 0.1) is 13.0 Å². The number of aryl methyl sites for hydroxylation is 1. The van der Waals surface area contributed by atoms with Crippen LogP contribution in [0.1, 0.15) is 18.4 Å². The highest BCUT2D eigenvalue weighted by Gasteiger charge is 2.34. The summed E-state index contributed by atoms with van der Waals surface area (Å²) >= 11 is 5.86. The highest BCUT2D eigenvalue weighted by Crippen LogP contribution is 2.31. The highest BCUT2D eigenvalue weighted by molar-refractivity contribution is 7.89. The summed E-state index contributed by atoms with van der Waals surface area (Å²) in [6.07, 6.45) is 1.25. The Morgan fingerprint density at radius 1 is 1.21 bits per heavy atom. The molecule has 3 rings (SSSR count). The number of methoxy groups -OCH3 is 1. The van der Waals surface area contributed by atoms with E-state index in [4.69, 9.17) is 16.3 Å². The SMILES string of the molecule is COc1ccc(C)cc1S(=O)(=O)N1CCC[C@@H](C(=O)Nc2ccc(Cl)cc2)C1. The van der Waals surface area contributed by atoms with Gasteiger partial charge in [-0.2, -0.15) is 4.31 Å². The Hall–Kier alpha value is -2.09. The summed E-state index contributed by atoms with van der Waals surface area (Å²) in [6, 6.07) is 11.9. The fraction of sp³-hybridized carbons (Fsp3) is 0.350. The summed E-state index contributed by atoms with van der Waals surface area (Å²) < 4.78 is 33.0. The number of carbonyl (C=O) groups excluding carboxylic acids is 1. The monoisotopic (exact) mass is 422 g/mol. The Bertz CT molecular complexity index is 961. The van der Waals surface area contributed by atoms with Gasteiger partial charge in [0.25, 0.3) is 0 Å². The zero-order valence-corrected chi connectivity index (χ0v) is 17.4. The van der Waals surface area contributed by atoms with E-state index < -0.39 is 15.9 Å². The number of rotatable bonds is 5. The van der Waals surface area contributed by atoms with Gasteiger partial charge in [0.2, 0.25) is 15.9 Å². The third-order valence-corrected chi connectivity index (χ3v) is 6.94. The van der Waals surface area contributed by atoms with Crippen molar-refractivity contribution in [2.24, 2.45) is 5.92 Å². The zero-order valence-electron chi connectivity index (χ0n) is 15.8. The molecule has 0 aromatic heterocycles. The number of carbonyl (C=O) groups is 1. The molecule has 1 N–H and O–H groups in total. The zero-order chi connectivity index (χ0) is 20.3. The molecular formula is C20H23ClN2O4S. The van der Waals surface area contributed by atoms with E-state index in [0.717, 1.165) is 5.56 Å². The van der Waals surface area contributed by atoms with E-state index in [0.29, 0.717) is 35.8 Å². The minimum absolute atomic E-state index is 0.133. The molecule has 0 unspecified atom stereocenters. The lowest BCUT2D eigenvalue weighted by molar-refractivity contribution is -0.120. The summed E-state index contributed by atoms with van der Waals surface area (Å²) in [5.74, 6) is -0.313. The molecular weight excluding hydrogens is 400 g/mol. The largest absolute Gasteiger partial charge is 0.495 e. The first kappa shape index (κ1) is 20.6. The summed E-state index contributed by atoms with van der Waals surface area (Å²) in [5.41, 5.74) is 1.46. The maximum Gasteiger partial charge on any atom is 0.246 e. The van der Waals surface area contributed by atoms with E-state index in [9.17, 15) is 13.2 Å². The van der Waals surface area contributed by atoms with Gasteiger partial charge in [0.1, 0.15) is 10.6 Å². The van der Waals surface area contributed by atoms with Crippen molar-refractivity contribution >= 4 is 33.2 Å². The van der Waals surface area contributed by atoms with Gasteiger partial charge in [-0.15, -0.1) is 0 Å². The molecule has 1 aliphatic heterocycles. The van der Waals surface area contributed by atoms with E-state index >= 15 is 0 Å². The molecule has 8 heteroatoms. The van der Waals surface area contributed by atoms with Crippen LogP contribution < -0.4 is 10.1 Å². The Labute approximate surface area is 170 Å². The molecule has 1 saturated heterocycles. The van der Waals surface area contributed by atoms with Gasteiger partial charge in [0, 0.05) is 23.8 Å². The Balaban J connectivity index is 1.78. The van der Waals surface area contributed by atoms with Crippen LogP contribution in [-0.2, 0) is 14.8 Å². The topological polar surface area (TPSA) is 75.7 Å². The number of hydrogen-bond donors (Lipinski definition) is 1. The number of halogens is 1. The number of hydrogen-bond acceptors (Lipinski definition) is 4. The van der Waals surface area contributed by atoms with Crippen LogP contribution in [0.5, 0.6) is 5.75 Å². The van der Waals surface area contributed by atoms with Crippen LogP contribution in [0, 0.1) is 12.8 Å². The molecule has 0 bridgehead atoms. The summed E-state index contributed by atoms with van der Waals surface area (Å²) in [5, 5.41) is 3.42. The van der Waals surface area contributed by atoms with Crippen LogP contribution in [0.4, 0.5) is 5.69 Å². The molecule has 0 radical (unpaired) electrons. The van der Waals surface area contributed by atoms with Gasteiger partial charge in [-0.1, -0.05) is 17.7 Å². The first-order valence-corrected chi connectivity index (χ1v) is 10.8. The van der Waals surface area contributed by atoms with Crippen LogP contribution in [-0.4, -0.2) is 38.8 Å². The van der Waals surface area contributed by atoms with E-state index in [2.05, 4.69) is 5.32 Å². The molecule has 1 heterocycles.